The first kappa shape index (κ1) is 25.1. The maximum absolute atomic E-state index is 12.9. The summed E-state index contributed by atoms with van der Waals surface area (Å²) in [4.78, 5) is 25.8. The van der Waals surface area contributed by atoms with Crippen molar-refractivity contribution in [2.45, 2.75) is 6.54 Å². The molecular formula is C24H26ClN3O6. The molecule has 3 aromatic rings. The molecule has 0 atom stereocenters. The number of nitrogens with zero attached hydrogens (tertiary/aromatic N) is 1. The number of amides is 2. The molecule has 2 heterocycles. The summed E-state index contributed by atoms with van der Waals surface area (Å²) in [5.74, 6) is 0.248. The third kappa shape index (κ3) is 4.58. The highest BCUT2D eigenvalue weighted by atomic mass is 35.5. The number of fused-ring (bicyclic) bond motifs is 1. The molecule has 2 amide bonds. The number of para-hydroxylation sites is 1. The molecule has 0 unspecified atom stereocenters. The number of rotatable bonds is 7. The van der Waals surface area contributed by atoms with E-state index in [4.69, 9.17) is 19.9 Å². The van der Waals surface area contributed by atoms with Crippen molar-refractivity contribution in [3.8, 4) is 17.2 Å². The van der Waals surface area contributed by atoms with Crippen molar-refractivity contribution in [1.82, 2.24) is 9.88 Å². The Hall–Kier alpha value is -3.53. The van der Waals surface area contributed by atoms with Gasteiger partial charge in [0.2, 0.25) is 5.75 Å². The van der Waals surface area contributed by atoms with Gasteiger partial charge >= 0.3 is 0 Å². The Morgan fingerprint density at radius 2 is 1.53 bits per heavy atom. The van der Waals surface area contributed by atoms with Crippen LogP contribution in [0.4, 0.5) is 0 Å². The van der Waals surface area contributed by atoms with Crippen LogP contribution in [0.1, 0.15) is 11.1 Å². The fourth-order valence-corrected chi connectivity index (χ4v) is 3.98. The van der Waals surface area contributed by atoms with E-state index in [1.165, 1.54) is 28.4 Å². The van der Waals surface area contributed by atoms with Crippen LogP contribution >= 0.6 is 11.9 Å². The quantitative estimate of drug-likeness (QED) is 0.492. The summed E-state index contributed by atoms with van der Waals surface area (Å²) in [6.45, 7) is 1.03. The van der Waals surface area contributed by atoms with E-state index in [0.717, 1.165) is 10.9 Å². The average Bonchev–Trinajstić information content (AvgIpc) is 3.34. The number of nitrogens with two attached hydrogens (primary N) is 1. The normalized spacial score (nSPS) is 13.0. The first-order valence-corrected chi connectivity index (χ1v) is 10.6. The molecule has 10 heteroatoms. The second-order valence-electron chi connectivity index (χ2n) is 7.14. The SMILES string of the molecule is COCl.COc1cc(C2=C(c3cn(CCN)c4ccccc34)C(=O)NC2=O)cc(OC)c1OC. The first-order chi connectivity index (χ1) is 16.4. The van der Waals surface area contributed by atoms with Crippen LogP contribution in [0.5, 0.6) is 17.2 Å². The molecule has 3 N–H and O–H groups in total. The molecule has 0 saturated heterocycles. The highest BCUT2D eigenvalue weighted by Gasteiger charge is 2.35. The first-order valence-electron chi connectivity index (χ1n) is 10.3. The molecule has 1 aliphatic rings. The van der Waals surface area contributed by atoms with Crippen molar-refractivity contribution in [1.29, 1.82) is 0 Å². The zero-order chi connectivity index (χ0) is 24.8. The molecule has 9 nitrogen and oxygen atoms in total. The van der Waals surface area contributed by atoms with Crippen molar-refractivity contribution in [3.05, 3.63) is 53.7 Å². The lowest BCUT2D eigenvalue weighted by molar-refractivity contribution is -0.122. The molecule has 0 saturated carbocycles. The standard InChI is InChI=1S/C23H23N3O5.CH3ClO/c1-29-17-10-13(11-18(30-2)21(17)31-3)19-20(23(28)25-22(19)27)15-12-26(9-8-24)16-7-5-4-6-14(15)16;1-3-2/h4-7,10-12H,8-9,24H2,1-3H3,(H,25,27,28);1H3. The van der Waals surface area contributed by atoms with Crippen molar-refractivity contribution in [2.24, 2.45) is 5.73 Å². The summed E-state index contributed by atoms with van der Waals surface area (Å²) in [6, 6.07) is 11.0. The lowest BCUT2D eigenvalue weighted by Gasteiger charge is -2.14. The molecule has 0 fully saturated rings. The molecule has 0 bridgehead atoms. The van der Waals surface area contributed by atoms with Gasteiger partial charge in [-0.3, -0.25) is 19.2 Å². The molecule has 0 aliphatic carbocycles. The number of methoxy groups -OCH3 is 3. The van der Waals surface area contributed by atoms with E-state index < -0.39 is 11.8 Å². The minimum atomic E-state index is -0.482. The third-order valence-corrected chi connectivity index (χ3v) is 5.31. The van der Waals surface area contributed by atoms with E-state index in [2.05, 4.69) is 21.5 Å². The van der Waals surface area contributed by atoms with Crippen molar-refractivity contribution >= 4 is 45.7 Å². The lowest BCUT2D eigenvalue weighted by atomic mass is 9.95. The van der Waals surface area contributed by atoms with E-state index in [0.29, 0.717) is 47.0 Å². The second-order valence-corrected chi connectivity index (χ2v) is 7.45. The molecular weight excluding hydrogens is 462 g/mol. The number of imide groups is 1. The lowest BCUT2D eigenvalue weighted by Crippen LogP contribution is -2.22. The topological polar surface area (TPSA) is 114 Å². The van der Waals surface area contributed by atoms with Crippen LogP contribution in [0.2, 0.25) is 0 Å². The number of benzene rings is 2. The highest BCUT2D eigenvalue weighted by Crippen LogP contribution is 2.43. The van der Waals surface area contributed by atoms with Gasteiger partial charge in [-0.05, 0) is 23.8 Å². The van der Waals surface area contributed by atoms with Crippen LogP contribution in [0, 0.1) is 0 Å². The molecule has 0 spiro atoms. The van der Waals surface area contributed by atoms with Gasteiger partial charge in [0.05, 0.1) is 51.5 Å². The Kier molecular flexibility index (Phi) is 8.17. The van der Waals surface area contributed by atoms with Crippen molar-refractivity contribution in [3.63, 3.8) is 0 Å². The average molecular weight is 488 g/mol. The Labute approximate surface area is 202 Å². The molecule has 1 aromatic heterocycles. The monoisotopic (exact) mass is 487 g/mol. The smallest absolute Gasteiger partial charge is 0.259 e. The van der Waals surface area contributed by atoms with Gasteiger partial charge in [-0.1, -0.05) is 18.2 Å². The Bertz CT molecular complexity index is 1230. The molecule has 0 radical (unpaired) electrons. The van der Waals surface area contributed by atoms with Crippen LogP contribution in [0.3, 0.4) is 0 Å². The summed E-state index contributed by atoms with van der Waals surface area (Å²) in [5.41, 5.74) is 8.40. The van der Waals surface area contributed by atoms with Crippen LogP contribution in [-0.2, 0) is 20.4 Å². The van der Waals surface area contributed by atoms with Crippen molar-refractivity contribution < 1.29 is 28.1 Å². The fraction of sp³-hybridized carbons (Fsp3) is 0.250. The zero-order valence-corrected chi connectivity index (χ0v) is 20.1. The molecule has 180 valence electrons. The Morgan fingerprint density at radius 1 is 0.941 bits per heavy atom. The molecule has 34 heavy (non-hydrogen) atoms. The summed E-state index contributed by atoms with van der Waals surface area (Å²) < 4.78 is 21.9. The Balaban J connectivity index is 0.00000103. The number of hydrogen-bond acceptors (Lipinski definition) is 7. The molecule has 1 aliphatic heterocycles. The number of halogens is 1. The van der Waals surface area contributed by atoms with Crippen LogP contribution < -0.4 is 25.3 Å². The van der Waals surface area contributed by atoms with E-state index in [1.54, 1.807) is 12.1 Å². The van der Waals surface area contributed by atoms with Gasteiger partial charge in [-0.2, -0.15) is 0 Å². The Morgan fingerprint density at radius 3 is 2.09 bits per heavy atom. The van der Waals surface area contributed by atoms with E-state index in [1.807, 2.05) is 35.0 Å². The predicted octanol–water partition coefficient (Wildman–Crippen LogP) is 2.98. The van der Waals surface area contributed by atoms with Gasteiger partial charge in [0.15, 0.2) is 11.5 Å². The summed E-state index contributed by atoms with van der Waals surface area (Å²) in [7, 11) is 5.89. The number of carbonyl (C=O) groups is 2. The number of ether oxygens (including phenoxy) is 3. The van der Waals surface area contributed by atoms with Gasteiger partial charge in [0, 0.05) is 35.8 Å². The minimum absolute atomic E-state index is 0.250. The van der Waals surface area contributed by atoms with Crippen LogP contribution in [-0.4, -0.2) is 51.4 Å². The number of aromatic nitrogens is 1. The molecule has 4 rings (SSSR count). The zero-order valence-electron chi connectivity index (χ0n) is 19.3. The van der Waals surface area contributed by atoms with Gasteiger partial charge in [0.1, 0.15) is 0 Å². The van der Waals surface area contributed by atoms with Gasteiger partial charge in [-0.25, -0.2) is 0 Å². The summed E-state index contributed by atoms with van der Waals surface area (Å²) >= 11 is 4.50. The summed E-state index contributed by atoms with van der Waals surface area (Å²) in [5, 5.41) is 3.29. The van der Waals surface area contributed by atoms with Crippen LogP contribution in [0.15, 0.2) is 42.6 Å². The maximum Gasteiger partial charge on any atom is 0.259 e. The summed E-state index contributed by atoms with van der Waals surface area (Å²) in [6.07, 6.45) is 1.86. The number of hydrogen-bond donors (Lipinski definition) is 2. The molecule has 2 aromatic carbocycles. The van der Waals surface area contributed by atoms with Gasteiger partial charge < -0.3 is 24.5 Å². The fourth-order valence-electron chi connectivity index (χ4n) is 3.98. The minimum Gasteiger partial charge on any atom is -0.493 e. The maximum atomic E-state index is 12.9. The van der Waals surface area contributed by atoms with E-state index in [-0.39, 0.29) is 5.57 Å². The van der Waals surface area contributed by atoms with Gasteiger partial charge in [0.25, 0.3) is 11.8 Å². The van der Waals surface area contributed by atoms with Crippen molar-refractivity contribution in [2.75, 3.05) is 35.0 Å². The second kappa shape index (κ2) is 11.1. The van der Waals surface area contributed by atoms with E-state index >= 15 is 0 Å². The highest BCUT2D eigenvalue weighted by molar-refractivity contribution is 6.50. The van der Waals surface area contributed by atoms with Crippen LogP contribution in [0.25, 0.3) is 22.0 Å². The number of carbonyl (C=O) groups excluding carboxylic acids is 2. The van der Waals surface area contributed by atoms with E-state index in [9.17, 15) is 9.59 Å². The third-order valence-electron chi connectivity index (χ3n) is 5.31. The van der Waals surface area contributed by atoms with Gasteiger partial charge in [-0.15, -0.1) is 0 Å². The largest absolute Gasteiger partial charge is 0.493 e. The number of nitrogens with one attached hydrogen (secondary N) is 1. The predicted molar refractivity (Wildman–Crippen MR) is 130 cm³/mol.